The molecule has 0 saturated carbocycles. The molecule has 1 saturated heterocycles. The second kappa shape index (κ2) is 47.1. The first kappa shape index (κ1) is 62.4. The first-order valence-electron chi connectivity index (χ1n) is 28.2. The Morgan fingerprint density at radius 3 is 1.30 bits per heavy atom. The zero-order chi connectivity index (χ0) is 48.0. The van der Waals surface area contributed by atoms with Crippen LogP contribution in [0, 0.1) is 0 Å². The molecule has 0 aliphatic carbocycles. The summed E-state index contributed by atoms with van der Waals surface area (Å²) in [5, 5.41) is 54.5. The Bertz CT molecular complexity index is 1130. The van der Waals surface area contributed by atoms with Crippen LogP contribution in [0.25, 0.3) is 0 Å². The number of carbonyl (C=O) groups excluding carboxylic acids is 1. The van der Waals surface area contributed by atoms with Gasteiger partial charge >= 0.3 is 0 Å². The normalized spacial score (nSPS) is 20.0. The molecule has 0 aromatic carbocycles. The summed E-state index contributed by atoms with van der Waals surface area (Å²) in [5.41, 5.74) is 0. The molecule has 0 aromatic heterocycles. The lowest BCUT2D eigenvalue weighted by atomic mass is 9.99. The summed E-state index contributed by atoms with van der Waals surface area (Å²) in [6.07, 6.45) is 53.4. The smallest absolute Gasteiger partial charge is 0.220 e. The Morgan fingerprint density at radius 2 is 0.894 bits per heavy atom. The summed E-state index contributed by atoms with van der Waals surface area (Å²) in [6, 6.07) is -0.806. The van der Waals surface area contributed by atoms with Crippen LogP contribution in [0.15, 0.2) is 36.5 Å². The van der Waals surface area contributed by atoms with Gasteiger partial charge in [0.25, 0.3) is 0 Å². The van der Waals surface area contributed by atoms with Gasteiger partial charge in [-0.1, -0.05) is 243 Å². The van der Waals surface area contributed by atoms with Crippen molar-refractivity contribution in [3.8, 4) is 0 Å². The molecule has 9 heteroatoms. The third-order valence-electron chi connectivity index (χ3n) is 13.5. The summed E-state index contributed by atoms with van der Waals surface area (Å²) in [4.78, 5) is 13.0. The summed E-state index contributed by atoms with van der Waals surface area (Å²) in [6.45, 7) is 3.79. The number of carbonyl (C=O) groups is 1. The zero-order valence-corrected chi connectivity index (χ0v) is 43.0. The molecule has 0 bridgehead atoms. The van der Waals surface area contributed by atoms with Crippen molar-refractivity contribution >= 4 is 5.91 Å². The largest absolute Gasteiger partial charge is 0.394 e. The second-order valence-corrected chi connectivity index (χ2v) is 19.7. The monoisotopic (exact) mass is 934 g/mol. The molecular formula is C57H107NO8. The van der Waals surface area contributed by atoms with Crippen LogP contribution in [0.4, 0.5) is 0 Å². The molecule has 1 heterocycles. The minimum absolute atomic E-state index is 0.177. The SMILES string of the molecule is CCCCCCC/C=C\C/C=C\CCCCCCCCCCCCCC(=O)NC(COC1OC(CO)C(O)C(O)C1O)C(O)/C=C/CCCCCCCCCCCCCCCCCCCC. The number of aliphatic hydroxyl groups is 5. The van der Waals surface area contributed by atoms with Crippen molar-refractivity contribution < 1.29 is 39.8 Å². The Labute approximate surface area is 406 Å². The highest BCUT2D eigenvalue weighted by Gasteiger charge is 2.44. The van der Waals surface area contributed by atoms with Gasteiger partial charge in [0, 0.05) is 6.42 Å². The maximum absolute atomic E-state index is 13.0. The number of unbranched alkanes of at least 4 members (excludes halogenated alkanes) is 34. The third-order valence-corrected chi connectivity index (χ3v) is 13.5. The highest BCUT2D eigenvalue weighted by Crippen LogP contribution is 2.23. The van der Waals surface area contributed by atoms with Crippen molar-refractivity contribution in [3.63, 3.8) is 0 Å². The molecular weight excluding hydrogens is 827 g/mol. The van der Waals surface area contributed by atoms with E-state index >= 15 is 0 Å². The van der Waals surface area contributed by atoms with E-state index in [1.165, 1.54) is 199 Å². The third kappa shape index (κ3) is 36.4. The average Bonchev–Trinajstić information content (AvgIpc) is 3.32. The van der Waals surface area contributed by atoms with E-state index in [1.54, 1.807) is 6.08 Å². The Kier molecular flexibility index (Phi) is 44.6. The molecule has 1 amide bonds. The lowest BCUT2D eigenvalue weighted by Gasteiger charge is -2.40. The minimum atomic E-state index is -1.57. The van der Waals surface area contributed by atoms with Gasteiger partial charge in [0.1, 0.15) is 24.4 Å². The number of allylic oxidation sites excluding steroid dienone is 5. The first-order chi connectivity index (χ1) is 32.3. The molecule has 1 fully saturated rings. The molecule has 388 valence electrons. The van der Waals surface area contributed by atoms with Crippen LogP contribution in [0.3, 0.4) is 0 Å². The van der Waals surface area contributed by atoms with E-state index in [-0.39, 0.29) is 12.5 Å². The summed E-state index contributed by atoms with van der Waals surface area (Å²) in [7, 11) is 0. The topological polar surface area (TPSA) is 149 Å². The summed E-state index contributed by atoms with van der Waals surface area (Å²) >= 11 is 0. The molecule has 66 heavy (non-hydrogen) atoms. The van der Waals surface area contributed by atoms with Gasteiger partial charge in [-0.3, -0.25) is 4.79 Å². The maximum Gasteiger partial charge on any atom is 0.220 e. The summed E-state index contributed by atoms with van der Waals surface area (Å²) < 4.78 is 11.3. The van der Waals surface area contributed by atoms with Gasteiger partial charge in [-0.15, -0.1) is 0 Å². The van der Waals surface area contributed by atoms with E-state index in [0.29, 0.717) is 6.42 Å². The average molecular weight is 934 g/mol. The quantitative estimate of drug-likeness (QED) is 0.0261. The predicted octanol–water partition coefficient (Wildman–Crippen LogP) is 13.6. The van der Waals surface area contributed by atoms with Gasteiger partial charge in [0.15, 0.2) is 6.29 Å². The molecule has 6 N–H and O–H groups in total. The van der Waals surface area contributed by atoms with Gasteiger partial charge in [-0.05, 0) is 51.4 Å². The number of ether oxygens (including phenoxy) is 2. The van der Waals surface area contributed by atoms with Gasteiger partial charge in [0.2, 0.25) is 5.91 Å². The van der Waals surface area contributed by atoms with Crippen LogP contribution in [0.1, 0.15) is 264 Å². The molecule has 1 aliphatic heterocycles. The number of hydrogen-bond acceptors (Lipinski definition) is 8. The number of rotatable bonds is 48. The fourth-order valence-electron chi connectivity index (χ4n) is 8.95. The van der Waals surface area contributed by atoms with E-state index in [4.69, 9.17) is 9.47 Å². The van der Waals surface area contributed by atoms with Crippen molar-refractivity contribution in [2.75, 3.05) is 13.2 Å². The van der Waals surface area contributed by atoms with Crippen LogP contribution < -0.4 is 5.32 Å². The first-order valence-corrected chi connectivity index (χ1v) is 28.2. The lowest BCUT2D eigenvalue weighted by Crippen LogP contribution is -2.60. The standard InChI is InChI=1S/C57H107NO8/c1-3-5-7-9-11-13-15-17-19-21-23-25-26-27-29-31-33-35-37-39-41-43-45-47-53(61)58-50(49-65-57-56(64)55(63)54(62)52(48-59)66-57)51(60)46-44-42-40-38-36-34-32-30-28-24-22-20-18-16-14-12-10-8-6-4-2/h15,17,21,23,44,46,50-52,54-57,59-60,62-64H,3-14,16,18-20,22,24-43,45,47-49H2,1-2H3,(H,58,61)/b17-15-,23-21-,46-44+. The maximum atomic E-state index is 13.0. The van der Waals surface area contributed by atoms with Crippen molar-refractivity contribution in [3.05, 3.63) is 36.5 Å². The van der Waals surface area contributed by atoms with Crippen molar-refractivity contribution in [1.29, 1.82) is 0 Å². The Balaban J connectivity index is 2.25. The van der Waals surface area contributed by atoms with Crippen molar-refractivity contribution in [2.24, 2.45) is 0 Å². The van der Waals surface area contributed by atoms with E-state index in [9.17, 15) is 30.3 Å². The molecule has 1 rings (SSSR count). The Hall–Kier alpha value is -1.59. The van der Waals surface area contributed by atoms with E-state index < -0.39 is 49.5 Å². The van der Waals surface area contributed by atoms with Crippen molar-refractivity contribution in [2.45, 2.75) is 307 Å². The molecule has 0 spiro atoms. The van der Waals surface area contributed by atoms with E-state index in [0.717, 1.165) is 44.9 Å². The molecule has 7 atom stereocenters. The van der Waals surface area contributed by atoms with Crippen LogP contribution in [0.2, 0.25) is 0 Å². The predicted molar refractivity (Wildman–Crippen MR) is 276 cm³/mol. The molecule has 0 aromatic rings. The fourth-order valence-corrected chi connectivity index (χ4v) is 8.95. The molecule has 0 radical (unpaired) electrons. The molecule has 1 aliphatic rings. The highest BCUT2D eigenvalue weighted by molar-refractivity contribution is 5.76. The highest BCUT2D eigenvalue weighted by atomic mass is 16.7. The van der Waals surface area contributed by atoms with Crippen LogP contribution in [0.5, 0.6) is 0 Å². The Morgan fingerprint density at radius 1 is 0.515 bits per heavy atom. The van der Waals surface area contributed by atoms with Crippen LogP contribution in [-0.4, -0.2) is 87.5 Å². The number of hydrogen-bond donors (Lipinski definition) is 6. The van der Waals surface area contributed by atoms with E-state index in [1.807, 2.05) is 6.08 Å². The molecule has 9 nitrogen and oxygen atoms in total. The second-order valence-electron chi connectivity index (χ2n) is 19.7. The van der Waals surface area contributed by atoms with Crippen LogP contribution in [-0.2, 0) is 14.3 Å². The fraction of sp³-hybridized carbons (Fsp3) is 0.877. The number of nitrogens with one attached hydrogen (secondary N) is 1. The lowest BCUT2D eigenvalue weighted by molar-refractivity contribution is -0.302. The van der Waals surface area contributed by atoms with Crippen LogP contribution >= 0.6 is 0 Å². The minimum Gasteiger partial charge on any atom is -0.394 e. The number of amides is 1. The zero-order valence-electron chi connectivity index (χ0n) is 43.0. The van der Waals surface area contributed by atoms with Gasteiger partial charge < -0.3 is 40.3 Å². The van der Waals surface area contributed by atoms with Gasteiger partial charge in [-0.2, -0.15) is 0 Å². The number of aliphatic hydroxyl groups excluding tert-OH is 5. The van der Waals surface area contributed by atoms with E-state index in [2.05, 4.69) is 43.5 Å². The van der Waals surface area contributed by atoms with Gasteiger partial charge in [0.05, 0.1) is 25.4 Å². The summed E-state index contributed by atoms with van der Waals surface area (Å²) in [5.74, 6) is -0.177. The van der Waals surface area contributed by atoms with Gasteiger partial charge in [-0.25, -0.2) is 0 Å². The molecule has 7 unspecified atom stereocenters. The van der Waals surface area contributed by atoms with Crippen molar-refractivity contribution in [1.82, 2.24) is 5.32 Å².